The number of nitrogens with zero attached hydrogens (tertiary/aromatic N) is 2. The Labute approximate surface area is 154 Å². The third-order valence-corrected chi connectivity index (χ3v) is 5.02. The first-order valence-electron chi connectivity index (χ1n) is 8.02. The summed E-state index contributed by atoms with van der Waals surface area (Å²) in [6.07, 6.45) is 0. The molecule has 0 aliphatic rings. The molecule has 2 aromatic heterocycles. The summed E-state index contributed by atoms with van der Waals surface area (Å²) in [5.74, 6) is 0.183. The largest absolute Gasteiger partial charge is 0.545 e. The number of nitrogens with one attached hydrogen (secondary N) is 1. The lowest BCUT2D eigenvalue weighted by atomic mass is 10.2. The summed E-state index contributed by atoms with van der Waals surface area (Å²) in [6.45, 7) is 1.85. The molecule has 0 spiro atoms. The lowest BCUT2D eigenvalue weighted by Crippen LogP contribution is -2.21. The van der Waals surface area contributed by atoms with Crippen molar-refractivity contribution < 1.29 is 9.90 Å². The van der Waals surface area contributed by atoms with Gasteiger partial charge in [-0.15, -0.1) is 11.3 Å². The highest BCUT2D eigenvalue weighted by Crippen LogP contribution is 2.36. The molecule has 1 N–H and O–H groups in total. The molecule has 4 rings (SSSR count). The van der Waals surface area contributed by atoms with Gasteiger partial charge in [0.05, 0.1) is 11.4 Å². The SMILES string of the molecule is Cc1nc(Nc2ccc(C(=O)[O-])cc2)c2cc(-c3ccccc3)sc2n1. The number of carboxylic acid groups (broad SMARTS) is 1. The summed E-state index contributed by atoms with van der Waals surface area (Å²) >= 11 is 1.62. The maximum absolute atomic E-state index is 10.9. The highest BCUT2D eigenvalue weighted by Gasteiger charge is 2.12. The number of thiophene rings is 1. The van der Waals surface area contributed by atoms with Crippen molar-refractivity contribution in [3.8, 4) is 10.4 Å². The first kappa shape index (κ1) is 16.2. The van der Waals surface area contributed by atoms with Crippen LogP contribution in [0, 0.1) is 6.92 Å². The zero-order valence-electron chi connectivity index (χ0n) is 13.9. The number of rotatable bonds is 4. The molecule has 4 aromatic rings. The van der Waals surface area contributed by atoms with Crippen LogP contribution < -0.4 is 10.4 Å². The van der Waals surface area contributed by atoms with E-state index in [9.17, 15) is 9.90 Å². The molecular weight excluding hydrogens is 346 g/mol. The Morgan fingerprint density at radius 1 is 1.04 bits per heavy atom. The van der Waals surface area contributed by atoms with E-state index >= 15 is 0 Å². The number of anilines is 2. The molecule has 6 heteroatoms. The van der Waals surface area contributed by atoms with E-state index in [1.165, 1.54) is 12.1 Å². The average Bonchev–Trinajstić information content (AvgIpc) is 3.07. The number of carbonyl (C=O) groups is 1. The molecule has 0 aliphatic carbocycles. The minimum absolute atomic E-state index is 0.140. The fraction of sp³-hybridized carbons (Fsp3) is 0.0500. The Morgan fingerprint density at radius 2 is 1.77 bits per heavy atom. The number of aromatic carboxylic acids is 1. The molecule has 5 nitrogen and oxygen atoms in total. The lowest BCUT2D eigenvalue weighted by Gasteiger charge is -2.09. The number of fused-ring (bicyclic) bond motifs is 1. The van der Waals surface area contributed by atoms with Crippen molar-refractivity contribution >= 4 is 39.0 Å². The van der Waals surface area contributed by atoms with Crippen molar-refractivity contribution in [1.29, 1.82) is 0 Å². The summed E-state index contributed by atoms with van der Waals surface area (Å²) in [4.78, 5) is 22.0. The summed E-state index contributed by atoms with van der Waals surface area (Å²) in [5.41, 5.74) is 2.03. The highest BCUT2D eigenvalue weighted by atomic mass is 32.1. The van der Waals surface area contributed by atoms with Crippen LogP contribution in [-0.4, -0.2) is 15.9 Å². The first-order valence-corrected chi connectivity index (χ1v) is 8.84. The molecule has 0 saturated heterocycles. The Kier molecular flexibility index (Phi) is 4.10. The summed E-state index contributed by atoms with van der Waals surface area (Å²) in [6, 6.07) is 18.6. The van der Waals surface area contributed by atoms with E-state index in [0.29, 0.717) is 11.6 Å². The Morgan fingerprint density at radius 3 is 2.46 bits per heavy atom. The van der Waals surface area contributed by atoms with E-state index in [4.69, 9.17) is 0 Å². The zero-order chi connectivity index (χ0) is 18.1. The van der Waals surface area contributed by atoms with E-state index < -0.39 is 5.97 Å². The van der Waals surface area contributed by atoms with Gasteiger partial charge in [0.1, 0.15) is 16.5 Å². The second-order valence-electron chi connectivity index (χ2n) is 5.80. The predicted octanol–water partition coefficient (Wildman–Crippen LogP) is 3.77. The fourth-order valence-electron chi connectivity index (χ4n) is 2.69. The quantitative estimate of drug-likeness (QED) is 0.599. The molecule has 26 heavy (non-hydrogen) atoms. The molecule has 0 unspecified atom stereocenters. The van der Waals surface area contributed by atoms with Gasteiger partial charge in [-0.05, 0) is 36.2 Å². The molecule has 0 bridgehead atoms. The molecule has 0 atom stereocenters. The third-order valence-electron chi connectivity index (χ3n) is 3.95. The molecule has 2 aromatic carbocycles. The normalized spacial score (nSPS) is 10.8. The average molecular weight is 360 g/mol. The van der Waals surface area contributed by atoms with Crippen LogP contribution in [0.15, 0.2) is 60.7 Å². The predicted molar refractivity (Wildman–Crippen MR) is 102 cm³/mol. The van der Waals surface area contributed by atoms with Crippen molar-refractivity contribution in [2.24, 2.45) is 0 Å². The number of benzene rings is 2. The Balaban J connectivity index is 1.74. The van der Waals surface area contributed by atoms with Crippen LogP contribution in [0.3, 0.4) is 0 Å². The minimum Gasteiger partial charge on any atom is -0.545 e. The van der Waals surface area contributed by atoms with Crippen LogP contribution >= 0.6 is 11.3 Å². The van der Waals surface area contributed by atoms with Crippen molar-refractivity contribution in [1.82, 2.24) is 9.97 Å². The second kappa shape index (κ2) is 6.57. The lowest BCUT2D eigenvalue weighted by molar-refractivity contribution is -0.255. The van der Waals surface area contributed by atoms with E-state index in [0.717, 1.165) is 26.3 Å². The highest BCUT2D eigenvalue weighted by molar-refractivity contribution is 7.21. The van der Waals surface area contributed by atoms with Crippen LogP contribution in [0.5, 0.6) is 0 Å². The maximum Gasteiger partial charge on any atom is 0.142 e. The smallest absolute Gasteiger partial charge is 0.142 e. The topological polar surface area (TPSA) is 77.9 Å². The molecule has 0 saturated carbocycles. The van der Waals surface area contributed by atoms with Crippen molar-refractivity contribution in [3.63, 3.8) is 0 Å². The van der Waals surface area contributed by atoms with Crippen LogP contribution in [-0.2, 0) is 0 Å². The Bertz CT molecular complexity index is 1090. The summed E-state index contributed by atoms with van der Waals surface area (Å²) in [5, 5.41) is 15.1. The molecule has 0 radical (unpaired) electrons. The third kappa shape index (κ3) is 3.14. The van der Waals surface area contributed by atoms with Crippen LogP contribution in [0.2, 0.25) is 0 Å². The molecule has 0 fully saturated rings. The van der Waals surface area contributed by atoms with Crippen LogP contribution in [0.4, 0.5) is 11.5 Å². The van der Waals surface area contributed by atoms with E-state index in [1.807, 2.05) is 25.1 Å². The van der Waals surface area contributed by atoms with Gasteiger partial charge in [-0.1, -0.05) is 42.5 Å². The standard InChI is InChI=1S/C20H15N3O2S/c1-12-21-18(23-15-9-7-14(8-10-15)20(24)25)16-11-17(26-19(16)22-12)13-5-3-2-4-6-13/h2-11H,1H3,(H,24,25)(H,21,22,23)/p-1. The van der Waals surface area contributed by atoms with Crippen LogP contribution in [0.1, 0.15) is 16.2 Å². The van der Waals surface area contributed by atoms with E-state index in [2.05, 4.69) is 33.5 Å². The maximum atomic E-state index is 10.9. The van der Waals surface area contributed by atoms with Gasteiger partial charge < -0.3 is 15.2 Å². The van der Waals surface area contributed by atoms with Gasteiger partial charge in [-0.2, -0.15) is 0 Å². The molecular formula is C20H14N3O2S-. The van der Waals surface area contributed by atoms with Gasteiger partial charge in [0.2, 0.25) is 0 Å². The van der Waals surface area contributed by atoms with E-state index in [-0.39, 0.29) is 5.56 Å². The number of hydrogen-bond acceptors (Lipinski definition) is 6. The summed E-state index contributed by atoms with van der Waals surface area (Å²) in [7, 11) is 0. The molecule has 0 amide bonds. The molecule has 2 heterocycles. The summed E-state index contributed by atoms with van der Waals surface area (Å²) < 4.78 is 0. The van der Waals surface area contributed by atoms with Gasteiger partial charge >= 0.3 is 0 Å². The molecule has 128 valence electrons. The monoisotopic (exact) mass is 360 g/mol. The minimum atomic E-state index is -1.19. The fourth-order valence-corrected chi connectivity index (χ4v) is 3.78. The van der Waals surface area contributed by atoms with E-state index in [1.54, 1.807) is 23.5 Å². The first-order chi connectivity index (χ1) is 12.6. The van der Waals surface area contributed by atoms with Crippen LogP contribution in [0.25, 0.3) is 20.7 Å². The van der Waals surface area contributed by atoms with Gasteiger partial charge in [0.15, 0.2) is 0 Å². The van der Waals surface area contributed by atoms with Crippen molar-refractivity contribution in [2.45, 2.75) is 6.92 Å². The number of carboxylic acids is 1. The molecule has 0 aliphatic heterocycles. The van der Waals surface area contributed by atoms with Gasteiger partial charge in [0, 0.05) is 10.6 Å². The number of carbonyl (C=O) groups excluding carboxylic acids is 1. The zero-order valence-corrected chi connectivity index (χ0v) is 14.7. The van der Waals surface area contributed by atoms with Crippen molar-refractivity contribution in [2.75, 3.05) is 5.32 Å². The number of hydrogen-bond donors (Lipinski definition) is 1. The second-order valence-corrected chi connectivity index (χ2v) is 6.84. The van der Waals surface area contributed by atoms with Gasteiger partial charge in [0.25, 0.3) is 0 Å². The number of aryl methyl sites for hydroxylation is 1. The van der Waals surface area contributed by atoms with Gasteiger partial charge in [-0.3, -0.25) is 0 Å². The van der Waals surface area contributed by atoms with Gasteiger partial charge in [-0.25, -0.2) is 9.97 Å². The number of aromatic nitrogens is 2. The Hall–Kier alpha value is -3.25. The van der Waals surface area contributed by atoms with Crippen molar-refractivity contribution in [3.05, 3.63) is 72.1 Å².